The van der Waals surface area contributed by atoms with E-state index in [-0.39, 0.29) is 17.3 Å². The number of likely N-dealkylation sites (N-methyl/N-ethyl adjacent to an activating group) is 1. The lowest BCUT2D eigenvalue weighted by molar-refractivity contribution is -0.121. The van der Waals surface area contributed by atoms with Crippen LogP contribution < -0.4 is 5.32 Å². The molecule has 0 atom stereocenters. The molecule has 134 valence electrons. The molecule has 1 N–H and O–H groups in total. The van der Waals surface area contributed by atoms with Crippen LogP contribution in [0.25, 0.3) is 0 Å². The molecule has 2 aromatic carbocycles. The molecule has 0 aliphatic rings. The van der Waals surface area contributed by atoms with Gasteiger partial charge in [-0.1, -0.05) is 41.9 Å². The van der Waals surface area contributed by atoms with Crippen LogP contribution in [0.1, 0.15) is 12.0 Å². The van der Waals surface area contributed by atoms with Gasteiger partial charge in [-0.15, -0.1) is 0 Å². The van der Waals surface area contributed by atoms with E-state index in [2.05, 4.69) is 5.32 Å². The molecule has 0 aliphatic carbocycles. The minimum absolute atomic E-state index is 0.108. The third-order valence-electron chi connectivity index (χ3n) is 3.70. The van der Waals surface area contributed by atoms with Gasteiger partial charge in [-0.25, -0.2) is 8.42 Å². The zero-order valence-corrected chi connectivity index (χ0v) is 15.6. The van der Waals surface area contributed by atoms with E-state index >= 15 is 0 Å². The van der Waals surface area contributed by atoms with Crippen molar-refractivity contribution in [2.24, 2.45) is 0 Å². The molecule has 5 nitrogen and oxygen atoms in total. The van der Waals surface area contributed by atoms with Crippen molar-refractivity contribution in [3.05, 3.63) is 65.2 Å². The average molecular weight is 381 g/mol. The first-order chi connectivity index (χ1) is 11.9. The number of carbonyl (C=O) groups is 1. The number of nitrogens with zero attached hydrogens (tertiary/aromatic N) is 1. The number of aryl methyl sites for hydroxylation is 1. The Morgan fingerprint density at radius 1 is 1.08 bits per heavy atom. The number of sulfonamides is 1. The summed E-state index contributed by atoms with van der Waals surface area (Å²) in [5, 5.41) is 3.21. The highest BCUT2D eigenvalue weighted by molar-refractivity contribution is 7.89. The zero-order valence-electron chi connectivity index (χ0n) is 14.0. The predicted octanol–water partition coefficient (Wildman–Crippen LogP) is 2.71. The standard InChI is InChI=1S/C18H21ClN2O3S/c1-21(25(23,24)17-11-9-16(19)10-12-17)14-18(22)20-13-5-8-15-6-3-2-4-7-15/h2-4,6-7,9-12H,5,8,13-14H2,1H3,(H,20,22). The normalized spacial score (nSPS) is 11.5. The average Bonchev–Trinajstić information content (AvgIpc) is 2.60. The fraction of sp³-hybridized carbons (Fsp3) is 0.278. The topological polar surface area (TPSA) is 66.5 Å². The van der Waals surface area contributed by atoms with Crippen LogP contribution in [-0.2, 0) is 21.2 Å². The van der Waals surface area contributed by atoms with E-state index in [0.717, 1.165) is 17.1 Å². The van der Waals surface area contributed by atoms with Crippen molar-refractivity contribution in [1.29, 1.82) is 0 Å². The molecule has 0 saturated carbocycles. The number of hydrogen-bond acceptors (Lipinski definition) is 3. The van der Waals surface area contributed by atoms with Crippen LogP contribution >= 0.6 is 11.6 Å². The first kappa shape index (κ1) is 19.4. The van der Waals surface area contributed by atoms with Crippen LogP contribution in [0.3, 0.4) is 0 Å². The first-order valence-corrected chi connectivity index (χ1v) is 9.74. The maximum absolute atomic E-state index is 12.4. The first-order valence-electron chi connectivity index (χ1n) is 7.92. The van der Waals surface area contributed by atoms with E-state index in [1.165, 1.54) is 36.9 Å². The summed E-state index contributed by atoms with van der Waals surface area (Å²) < 4.78 is 25.8. The summed E-state index contributed by atoms with van der Waals surface area (Å²) in [5.41, 5.74) is 1.21. The van der Waals surface area contributed by atoms with Gasteiger partial charge < -0.3 is 5.32 Å². The van der Waals surface area contributed by atoms with Gasteiger partial charge in [0.2, 0.25) is 15.9 Å². The third-order valence-corrected chi connectivity index (χ3v) is 5.76. The highest BCUT2D eigenvalue weighted by Gasteiger charge is 2.22. The Morgan fingerprint density at radius 3 is 2.36 bits per heavy atom. The van der Waals surface area contributed by atoms with Crippen molar-refractivity contribution < 1.29 is 13.2 Å². The second kappa shape index (κ2) is 8.99. The smallest absolute Gasteiger partial charge is 0.243 e. The molecule has 2 rings (SSSR count). The molecule has 0 radical (unpaired) electrons. The van der Waals surface area contributed by atoms with Gasteiger partial charge in [0.1, 0.15) is 0 Å². The van der Waals surface area contributed by atoms with E-state index < -0.39 is 10.0 Å². The fourth-order valence-electron chi connectivity index (χ4n) is 2.29. The Labute approximate surface area is 153 Å². The van der Waals surface area contributed by atoms with Crippen molar-refractivity contribution in [2.45, 2.75) is 17.7 Å². The van der Waals surface area contributed by atoms with Gasteiger partial charge in [-0.2, -0.15) is 4.31 Å². The maximum Gasteiger partial charge on any atom is 0.243 e. The Hall–Kier alpha value is -1.89. The number of halogens is 1. The zero-order chi connectivity index (χ0) is 18.3. The van der Waals surface area contributed by atoms with Crippen LogP contribution in [0, 0.1) is 0 Å². The summed E-state index contributed by atoms with van der Waals surface area (Å²) >= 11 is 5.77. The molecule has 1 amide bonds. The highest BCUT2D eigenvalue weighted by Crippen LogP contribution is 2.17. The summed E-state index contributed by atoms with van der Waals surface area (Å²) in [4.78, 5) is 12.1. The number of carbonyl (C=O) groups excluding carboxylic acids is 1. The van der Waals surface area contributed by atoms with Crippen LogP contribution in [0.15, 0.2) is 59.5 Å². The lowest BCUT2D eigenvalue weighted by Crippen LogP contribution is -2.38. The SMILES string of the molecule is CN(CC(=O)NCCCc1ccccc1)S(=O)(=O)c1ccc(Cl)cc1. The Bertz CT molecular complexity index is 793. The van der Waals surface area contributed by atoms with Crippen molar-refractivity contribution >= 4 is 27.5 Å². The van der Waals surface area contributed by atoms with Gasteiger partial charge in [0.25, 0.3) is 0 Å². The molecule has 0 spiro atoms. The molecular weight excluding hydrogens is 360 g/mol. The summed E-state index contributed by atoms with van der Waals surface area (Å²) in [6.07, 6.45) is 1.66. The van der Waals surface area contributed by atoms with Crippen LogP contribution in [0.2, 0.25) is 5.02 Å². The van der Waals surface area contributed by atoms with Crippen molar-refractivity contribution in [2.75, 3.05) is 20.1 Å². The minimum Gasteiger partial charge on any atom is -0.355 e. The molecule has 0 bridgehead atoms. The Balaban J connectivity index is 1.80. The van der Waals surface area contributed by atoms with Crippen LogP contribution in [-0.4, -0.2) is 38.8 Å². The van der Waals surface area contributed by atoms with Gasteiger partial charge in [0.15, 0.2) is 0 Å². The quantitative estimate of drug-likeness (QED) is 0.716. The van der Waals surface area contributed by atoms with E-state index in [1.54, 1.807) is 0 Å². The molecule has 7 heteroatoms. The van der Waals surface area contributed by atoms with Crippen molar-refractivity contribution in [3.63, 3.8) is 0 Å². The van der Waals surface area contributed by atoms with Crippen LogP contribution in [0.4, 0.5) is 0 Å². The molecule has 0 aromatic heterocycles. The molecule has 0 unspecified atom stereocenters. The largest absolute Gasteiger partial charge is 0.355 e. The fourth-order valence-corrected chi connectivity index (χ4v) is 3.55. The van der Waals surface area contributed by atoms with Gasteiger partial charge >= 0.3 is 0 Å². The van der Waals surface area contributed by atoms with Crippen molar-refractivity contribution in [1.82, 2.24) is 9.62 Å². The summed E-state index contributed by atoms with van der Waals surface area (Å²) in [6.45, 7) is 0.277. The Morgan fingerprint density at radius 2 is 1.72 bits per heavy atom. The van der Waals surface area contributed by atoms with Crippen molar-refractivity contribution in [3.8, 4) is 0 Å². The summed E-state index contributed by atoms with van der Waals surface area (Å²) in [6, 6.07) is 15.8. The number of hydrogen-bond donors (Lipinski definition) is 1. The number of rotatable bonds is 8. The van der Waals surface area contributed by atoms with E-state index in [9.17, 15) is 13.2 Å². The second-order valence-corrected chi connectivity index (χ2v) is 8.14. The molecule has 0 aliphatic heterocycles. The highest BCUT2D eigenvalue weighted by atomic mass is 35.5. The minimum atomic E-state index is -3.71. The second-order valence-electron chi connectivity index (χ2n) is 5.65. The number of nitrogens with one attached hydrogen (secondary N) is 1. The lowest BCUT2D eigenvalue weighted by atomic mass is 10.1. The molecular formula is C18H21ClN2O3S. The predicted molar refractivity (Wildman–Crippen MR) is 99.0 cm³/mol. The van der Waals surface area contributed by atoms with E-state index in [0.29, 0.717) is 11.6 Å². The maximum atomic E-state index is 12.4. The third kappa shape index (κ3) is 5.85. The number of benzene rings is 2. The summed E-state index contributed by atoms with van der Waals surface area (Å²) in [7, 11) is -2.33. The van der Waals surface area contributed by atoms with Gasteiger partial charge in [-0.3, -0.25) is 4.79 Å². The monoisotopic (exact) mass is 380 g/mol. The number of amides is 1. The van der Waals surface area contributed by atoms with Gasteiger partial charge in [-0.05, 0) is 42.7 Å². The molecule has 0 fully saturated rings. The van der Waals surface area contributed by atoms with E-state index in [1.807, 2.05) is 30.3 Å². The van der Waals surface area contributed by atoms with Gasteiger partial charge in [0.05, 0.1) is 11.4 Å². The van der Waals surface area contributed by atoms with E-state index in [4.69, 9.17) is 11.6 Å². The molecule has 25 heavy (non-hydrogen) atoms. The molecule has 0 saturated heterocycles. The Kier molecular flexibility index (Phi) is 6.99. The summed E-state index contributed by atoms with van der Waals surface area (Å²) in [5.74, 6) is -0.326. The lowest BCUT2D eigenvalue weighted by Gasteiger charge is -2.17. The molecule has 2 aromatic rings. The van der Waals surface area contributed by atoms with Gasteiger partial charge in [0, 0.05) is 18.6 Å². The van der Waals surface area contributed by atoms with Crippen LogP contribution in [0.5, 0.6) is 0 Å². The molecule has 0 heterocycles.